The standard InChI is InChI=1S/C10H15/c1-8-5-6-9(7-8)10(2,3)4/h5-6,9H,1-4H3. The van der Waals surface area contributed by atoms with Crippen LogP contribution in [0.2, 0.25) is 0 Å². The van der Waals surface area contributed by atoms with Crippen molar-refractivity contribution in [2.45, 2.75) is 27.7 Å². The van der Waals surface area contributed by atoms with E-state index in [2.05, 4.69) is 45.9 Å². The number of hydrogen-bond donors (Lipinski definition) is 0. The maximum absolute atomic E-state index is 3.40. The molecule has 1 radical (unpaired) electrons. The van der Waals surface area contributed by atoms with E-state index in [9.17, 15) is 0 Å². The number of allylic oxidation sites excluding steroid dienone is 4. The van der Waals surface area contributed by atoms with Crippen LogP contribution in [0.1, 0.15) is 27.7 Å². The van der Waals surface area contributed by atoms with Gasteiger partial charge in [0.15, 0.2) is 0 Å². The molecule has 0 nitrogen and oxygen atoms in total. The number of rotatable bonds is 0. The highest BCUT2D eigenvalue weighted by Crippen LogP contribution is 2.31. The summed E-state index contributed by atoms with van der Waals surface area (Å²) in [6, 6.07) is 0. The molecule has 0 N–H and O–H groups in total. The zero-order valence-electron chi connectivity index (χ0n) is 7.23. The summed E-state index contributed by atoms with van der Waals surface area (Å²) in [5.74, 6) is 0.521. The molecule has 0 spiro atoms. The quantitative estimate of drug-likeness (QED) is 0.479. The van der Waals surface area contributed by atoms with Crippen molar-refractivity contribution in [1.82, 2.24) is 0 Å². The maximum atomic E-state index is 3.40. The first kappa shape index (κ1) is 7.59. The van der Waals surface area contributed by atoms with Crippen molar-refractivity contribution in [2.24, 2.45) is 11.3 Å². The molecular formula is C10H15. The lowest BCUT2D eigenvalue weighted by molar-refractivity contribution is 0.339. The smallest absolute Gasteiger partial charge is 0.00754 e. The van der Waals surface area contributed by atoms with E-state index in [1.165, 1.54) is 5.57 Å². The predicted molar refractivity (Wildman–Crippen MR) is 44.5 cm³/mol. The van der Waals surface area contributed by atoms with E-state index in [0.717, 1.165) is 0 Å². The zero-order valence-corrected chi connectivity index (χ0v) is 7.23. The van der Waals surface area contributed by atoms with Gasteiger partial charge in [0.2, 0.25) is 0 Å². The van der Waals surface area contributed by atoms with E-state index in [1.54, 1.807) is 0 Å². The molecule has 0 aromatic heterocycles. The van der Waals surface area contributed by atoms with Crippen LogP contribution in [0.3, 0.4) is 0 Å². The first-order valence-electron chi connectivity index (χ1n) is 3.78. The highest BCUT2D eigenvalue weighted by Gasteiger charge is 2.22. The summed E-state index contributed by atoms with van der Waals surface area (Å²) in [5.41, 5.74) is 1.62. The van der Waals surface area contributed by atoms with E-state index in [4.69, 9.17) is 0 Å². The normalized spacial score (nSPS) is 25.2. The van der Waals surface area contributed by atoms with E-state index >= 15 is 0 Å². The molecular weight excluding hydrogens is 120 g/mol. The Bertz CT molecular complexity index is 177. The van der Waals surface area contributed by atoms with Crippen LogP contribution in [0.4, 0.5) is 0 Å². The second kappa shape index (κ2) is 2.26. The van der Waals surface area contributed by atoms with E-state index < -0.39 is 0 Å². The molecule has 1 unspecified atom stereocenters. The topological polar surface area (TPSA) is 0 Å². The first-order valence-corrected chi connectivity index (χ1v) is 3.78. The van der Waals surface area contributed by atoms with Gasteiger partial charge in [0.1, 0.15) is 0 Å². The Morgan fingerprint density at radius 3 is 2.20 bits per heavy atom. The molecule has 0 heteroatoms. The van der Waals surface area contributed by atoms with Crippen molar-refractivity contribution in [3.63, 3.8) is 0 Å². The highest BCUT2D eigenvalue weighted by atomic mass is 14.3. The van der Waals surface area contributed by atoms with Crippen molar-refractivity contribution in [3.05, 3.63) is 23.8 Å². The molecule has 1 aliphatic rings. The van der Waals surface area contributed by atoms with Crippen LogP contribution >= 0.6 is 0 Å². The molecule has 0 amide bonds. The molecule has 0 heterocycles. The van der Waals surface area contributed by atoms with Gasteiger partial charge in [0.25, 0.3) is 0 Å². The molecule has 0 aliphatic heterocycles. The summed E-state index contributed by atoms with van der Waals surface area (Å²) >= 11 is 0. The first-order chi connectivity index (χ1) is 4.50. The molecule has 55 valence electrons. The minimum absolute atomic E-state index is 0.342. The predicted octanol–water partition coefficient (Wildman–Crippen LogP) is 2.97. The fourth-order valence-corrected chi connectivity index (χ4v) is 1.09. The van der Waals surface area contributed by atoms with Crippen LogP contribution in [0.25, 0.3) is 0 Å². The van der Waals surface area contributed by atoms with Crippen LogP contribution in [0, 0.1) is 17.4 Å². The summed E-state index contributed by atoms with van der Waals surface area (Å²) in [4.78, 5) is 0. The lowest BCUT2D eigenvalue weighted by Crippen LogP contribution is -2.15. The van der Waals surface area contributed by atoms with Crippen molar-refractivity contribution in [2.75, 3.05) is 0 Å². The second-order valence-corrected chi connectivity index (χ2v) is 4.03. The van der Waals surface area contributed by atoms with Crippen molar-refractivity contribution >= 4 is 0 Å². The van der Waals surface area contributed by atoms with Gasteiger partial charge < -0.3 is 0 Å². The molecule has 0 saturated heterocycles. The summed E-state index contributed by atoms with van der Waals surface area (Å²) in [7, 11) is 0. The Labute approximate surface area is 63.6 Å². The van der Waals surface area contributed by atoms with Gasteiger partial charge in [-0.15, -0.1) is 0 Å². The largest absolute Gasteiger partial charge is 0.0762 e. The lowest BCUT2D eigenvalue weighted by atomic mass is 9.82. The average Bonchev–Trinajstić information content (AvgIpc) is 2.11. The van der Waals surface area contributed by atoms with E-state index in [-0.39, 0.29) is 0 Å². The van der Waals surface area contributed by atoms with Crippen LogP contribution < -0.4 is 0 Å². The van der Waals surface area contributed by atoms with Crippen LogP contribution in [0.15, 0.2) is 17.7 Å². The van der Waals surface area contributed by atoms with Crippen LogP contribution in [-0.2, 0) is 0 Å². The molecule has 10 heavy (non-hydrogen) atoms. The van der Waals surface area contributed by atoms with E-state index in [0.29, 0.717) is 11.3 Å². The van der Waals surface area contributed by atoms with Gasteiger partial charge in [-0.3, -0.25) is 0 Å². The molecule has 1 rings (SSSR count). The third-order valence-electron chi connectivity index (χ3n) is 1.85. The maximum Gasteiger partial charge on any atom is 0.00754 e. The third-order valence-corrected chi connectivity index (χ3v) is 1.85. The van der Waals surface area contributed by atoms with Gasteiger partial charge >= 0.3 is 0 Å². The minimum Gasteiger partial charge on any atom is -0.0762 e. The van der Waals surface area contributed by atoms with Gasteiger partial charge in [0, 0.05) is 5.92 Å². The summed E-state index contributed by atoms with van der Waals surface area (Å²) in [5, 5.41) is 0. The Hall–Kier alpha value is -0.520. The Kier molecular flexibility index (Phi) is 1.72. The van der Waals surface area contributed by atoms with Crippen LogP contribution in [0.5, 0.6) is 0 Å². The molecule has 1 atom stereocenters. The van der Waals surface area contributed by atoms with Crippen LogP contribution in [-0.4, -0.2) is 0 Å². The number of hydrogen-bond acceptors (Lipinski definition) is 0. The van der Waals surface area contributed by atoms with Gasteiger partial charge in [-0.1, -0.05) is 32.9 Å². The monoisotopic (exact) mass is 135 g/mol. The molecule has 1 aliphatic carbocycles. The molecule has 0 aromatic carbocycles. The van der Waals surface area contributed by atoms with Crippen molar-refractivity contribution in [3.8, 4) is 0 Å². The molecule has 0 bridgehead atoms. The minimum atomic E-state index is 0.342. The van der Waals surface area contributed by atoms with Crippen molar-refractivity contribution in [1.29, 1.82) is 0 Å². The Morgan fingerprint density at radius 1 is 1.40 bits per heavy atom. The third kappa shape index (κ3) is 1.50. The average molecular weight is 135 g/mol. The Balaban J connectivity index is 2.72. The van der Waals surface area contributed by atoms with Gasteiger partial charge in [-0.25, -0.2) is 0 Å². The molecule has 0 aromatic rings. The highest BCUT2D eigenvalue weighted by molar-refractivity contribution is 5.24. The lowest BCUT2D eigenvalue weighted by Gasteiger charge is -2.22. The fourth-order valence-electron chi connectivity index (χ4n) is 1.09. The van der Waals surface area contributed by atoms with E-state index in [1.807, 2.05) is 0 Å². The molecule has 0 saturated carbocycles. The molecule has 0 fully saturated rings. The zero-order chi connectivity index (χ0) is 7.78. The van der Waals surface area contributed by atoms with Gasteiger partial charge in [0.05, 0.1) is 0 Å². The second-order valence-electron chi connectivity index (χ2n) is 4.03. The summed E-state index contributed by atoms with van der Waals surface area (Å²) in [6.07, 6.45) is 7.78. The SMILES string of the molecule is CC1=[C]C(C(C)(C)C)C=C1. The van der Waals surface area contributed by atoms with Gasteiger partial charge in [-0.2, -0.15) is 0 Å². The Morgan fingerprint density at radius 2 is 2.00 bits per heavy atom. The summed E-state index contributed by atoms with van der Waals surface area (Å²) in [6.45, 7) is 8.83. The van der Waals surface area contributed by atoms with Gasteiger partial charge in [-0.05, 0) is 24.0 Å². The fraction of sp³-hybridized carbons (Fsp3) is 0.600. The van der Waals surface area contributed by atoms with Crippen molar-refractivity contribution < 1.29 is 0 Å². The summed E-state index contributed by atoms with van der Waals surface area (Å²) < 4.78 is 0.